The molecule has 190 valence electrons. The van der Waals surface area contributed by atoms with E-state index in [1.807, 2.05) is 12.3 Å². The topological polar surface area (TPSA) is 44.3 Å². The van der Waals surface area contributed by atoms with Gasteiger partial charge in [-0.15, -0.1) is 0 Å². The molecule has 1 aliphatic heterocycles. The average molecular weight is 517 g/mol. The number of hydrogen-bond acceptors (Lipinski definition) is 3. The van der Waals surface area contributed by atoms with Crippen LogP contribution >= 0.6 is 0 Å². The van der Waals surface area contributed by atoms with Crippen molar-refractivity contribution >= 4 is 49.3 Å². The zero-order chi connectivity index (χ0) is 26.5. The second-order valence-corrected chi connectivity index (χ2v) is 10.8. The van der Waals surface area contributed by atoms with Crippen LogP contribution in [0.1, 0.15) is 22.5 Å². The summed E-state index contributed by atoms with van der Waals surface area (Å²) in [6.07, 6.45) is 2.76. The molecule has 5 heteroatoms. The second kappa shape index (κ2) is 7.70. The number of aromatic nitrogens is 4. The molecule has 0 bridgehead atoms. The van der Waals surface area contributed by atoms with Crippen LogP contribution < -0.4 is 4.74 Å². The number of hydrogen-bond donors (Lipinski definition) is 0. The molecule has 0 atom stereocenters. The minimum absolute atomic E-state index is 0.791. The smallest absolute Gasteiger partial charge is 0.145 e. The summed E-state index contributed by atoms with van der Waals surface area (Å²) in [7, 11) is 0. The second-order valence-electron chi connectivity index (χ2n) is 10.8. The highest BCUT2D eigenvalue weighted by molar-refractivity contribution is 6.12. The van der Waals surface area contributed by atoms with Crippen LogP contribution in [0.25, 0.3) is 54.9 Å². The maximum atomic E-state index is 6.55. The van der Waals surface area contributed by atoms with Crippen molar-refractivity contribution in [1.82, 2.24) is 18.9 Å². The van der Waals surface area contributed by atoms with Crippen LogP contribution in [0.4, 0.5) is 0 Å². The van der Waals surface area contributed by atoms with E-state index in [9.17, 15) is 0 Å². The van der Waals surface area contributed by atoms with Gasteiger partial charge in [-0.05, 0) is 72.8 Å². The highest BCUT2D eigenvalue weighted by atomic mass is 16.5. The minimum atomic E-state index is 0.791. The fourth-order valence-corrected chi connectivity index (χ4v) is 6.64. The molecule has 0 saturated carbocycles. The van der Waals surface area contributed by atoms with E-state index in [2.05, 4.69) is 108 Å². The van der Waals surface area contributed by atoms with Crippen molar-refractivity contribution in [2.24, 2.45) is 0 Å². The third-order valence-electron chi connectivity index (χ3n) is 8.56. The Kier molecular flexibility index (Phi) is 4.19. The molecule has 4 aromatic carbocycles. The Morgan fingerprint density at radius 2 is 1.50 bits per heavy atom. The number of para-hydroxylation sites is 2. The lowest BCUT2D eigenvalue weighted by Gasteiger charge is -2.21. The summed E-state index contributed by atoms with van der Waals surface area (Å²) in [6.45, 7) is 4.21. The number of imidazole rings is 1. The van der Waals surface area contributed by atoms with Crippen molar-refractivity contribution in [2.75, 3.05) is 0 Å². The molecule has 0 fully saturated rings. The lowest BCUT2D eigenvalue weighted by Crippen LogP contribution is -2.08. The van der Waals surface area contributed by atoms with E-state index < -0.39 is 0 Å². The molecule has 0 N–H and O–H groups in total. The van der Waals surface area contributed by atoms with Crippen molar-refractivity contribution in [3.05, 3.63) is 120 Å². The summed E-state index contributed by atoms with van der Waals surface area (Å²) < 4.78 is 11.1. The van der Waals surface area contributed by atoms with Gasteiger partial charge in [0, 0.05) is 45.9 Å². The molecule has 1 aliphatic rings. The van der Waals surface area contributed by atoms with E-state index in [1.165, 1.54) is 43.7 Å². The van der Waals surface area contributed by atoms with Crippen LogP contribution in [-0.2, 0) is 6.42 Å². The van der Waals surface area contributed by atoms with E-state index >= 15 is 0 Å². The van der Waals surface area contributed by atoms with Gasteiger partial charge in [0.2, 0.25) is 0 Å². The SMILES string of the molecule is Cc1nc2c3cc(Oc4ccc5c(c4)-n4c6ncccc6c6cccc(c64)C5)ccc3c3ccccc3n2c1C. The van der Waals surface area contributed by atoms with Crippen LogP contribution in [0, 0.1) is 13.8 Å². The van der Waals surface area contributed by atoms with Gasteiger partial charge in [0.1, 0.15) is 22.8 Å². The first-order valence-electron chi connectivity index (χ1n) is 13.6. The Bertz CT molecular complexity index is 2360. The number of fused-ring (bicyclic) bond motifs is 11. The van der Waals surface area contributed by atoms with Gasteiger partial charge >= 0.3 is 0 Å². The number of benzene rings is 4. The quantitative estimate of drug-likeness (QED) is 0.217. The molecule has 8 aromatic rings. The first kappa shape index (κ1) is 21.7. The lowest BCUT2D eigenvalue weighted by molar-refractivity contribution is 0.483. The Morgan fingerprint density at radius 1 is 0.675 bits per heavy atom. The maximum Gasteiger partial charge on any atom is 0.145 e. The van der Waals surface area contributed by atoms with E-state index in [1.54, 1.807) is 0 Å². The van der Waals surface area contributed by atoms with Gasteiger partial charge in [0.15, 0.2) is 0 Å². The minimum Gasteiger partial charge on any atom is -0.457 e. The summed E-state index contributed by atoms with van der Waals surface area (Å²) in [6, 6.07) is 32.1. The Hall–Kier alpha value is -5.16. The van der Waals surface area contributed by atoms with Crippen molar-refractivity contribution in [2.45, 2.75) is 20.3 Å². The molecule has 4 aromatic heterocycles. The Balaban J connectivity index is 1.22. The third-order valence-corrected chi connectivity index (χ3v) is 8.56. The zero-order valence-corrected chi connectivity index (χ0v) is 22.1. The van der Waals surface area contributed by atoms with Crippen molar-refractivity contribution in [3.8, 4) is 17.2 Å². The van der Waals surface area contributed by atoms with Gasteiger partial charge in [-0.3, -0.25) is 8.97 Å². The standard InChI is InChI=1S/C35H24N4O/c1-20-21(2)38-31-11-4-3-8-27(31)26-15-14-24(18-30(26)35(38)37-20)40-25-13-12-22-17-23-7-5-9-28-29-10-6-16-36-34(29)39(33(23)28)32(22)19-25/h3-16,18-19H,17H2,1-2H3. The zero-order valence-electron chi connectivity index (χ0n) is 22.1. The molecule has 0 radical (unpaired) electrons. The number of rotatable bonds is 2. The molecule has 9 rings (SSSR count). The molecule has 5 heterocycles. The number of aryl methyl sites for hydroxylation is 2. The Labute approximate surface area is 229 Å². The van der Waals surface area contributed by atoms with Crippen molar-refractivity contribution in [1.29, 1.82) is 0 Å². The van der Waals surface area contributed by atoms with Gasteiger partial charge in [-0.2, -0.15) is 0 Å². The van der Waals surface area contributed by atoms with Crippen LogP contribution in [0.15, 0.2) is 97.2 Å². The van der Waals surface area contributed by atoms with Gasteiger partial charge in [-0.25, -0.2) is 9.97 Å². The average Bonchev–Trinajstić information content (AvgIpc) is 3.49. The normalized spacial score (nSPS) is 12.7. The first-order valence-corrected chi connectivity index (χ1v) is 13.6. The summed E-state index contributed by atoms with van der Waals surface area (Å²) in [5.41, 5.74) is 10.3. The molecule has 0 aliphatic carbocycles. The summed E-state index contributed by atoms with van der Waals surface area (Å²) >= 11 is 0. The molecule has 40 heavy (non-hydrogen) atoms. The maximum absolute atomic E-state index is 6.55. The predicted octanol–water partition coefficient (Wildman–Crippen LogP) is 8.45. The van der Waals surface area contributed by atoms with Crippen LogP contribution in [0.5, 0.6) is 11.5 Å². The largest absolute Gasteiger partial charge is 0.457 e. The highest BCUT2D eigenvalue weighted by Gasteiger charge is 2.23. The highest BCUT2D eigenvalue weighted by Crippen LogP contribution is 2.41. The summed E-state index contributed by atoms with van der Waals surface area (Å²) in [5, 5.41) is 5.89. The number of nitrogens with zero attached hydrogens (tertiary/aromatic N) is 4. The number of pyridine rings is 2. The monoisotopic (exact) mass is 516 g/mol. The molecular formula is C35H24N4O. The van der Waals surface area contributed by atoms with Crippen molar-refractivity contribution < 1.29 is 4.74 Å². The summed E-state index contributed by atoms with van der Waals surface area (Å²) in [5.74, 6) is 1.59. The lowest BCUT2D eigenvalue weighted by atomic mass is 9.97. The molecule has 0 saturated heterocycles. The first-order chi connectivity index (χ1) is 19.7. The molecular weight excluding hydrogens is 492 g/mol. The van der Waals surface area contributed by atoms with Crippen molar-refractivity contribution in [3.63, 3.8) is 0 Å². The van der Waals surface area contributed by atoms with Gasteiger partial charge in [0.25, 0.3) is 0 Å². The van der Waals surface area contributed by atoms with E-state index in [0.29, 0.717) is 0 Å². The van der Waals surface area contributed by atoms with E-state index in [4.69, 9.17) is 14.7 Å². The van der Waals surface area contributed by atoms with E-state index in [0.717, 1.165) is 51.7 Å². The molecule has 5 nitrogen and oxygen atoms in total. The van der Waals surface area contributed by atoms with E-state index in [-0.39, 0.29) is 0 Å². The van der Waals surface area contributed by atoms with Gasteiger partial charge in [-0.1, -0.05) is 42.5 Å². The van der Waals surface area contributed by atoms with Crippen LogP contribution in [0.3, 0.4) is 0 Å². The van der Waals surface area contributed by atoms with Crippen LogP contribution in [-0.4, -0.2) is 18.9 Å². The number of ether oxygens (including phenoxy) is 1. The molecule has 0 unspecified atom stereocenters. The fourth-order valence-electron chi connectivity index (χ4n) is 6.64. The van der Waals surface area contributed by atoms with Gasteiger partial charge < -0.3 is 4.74 Å². The van der Waals surface area contributed by atoms with Crippen LogP contribution in [0.2, 0.25) is 0 Å². The third kappa shape index (κ3) is 2.81. The molecule has 0 amide bonds. The fraction of sp³-hybridized carbons (Fsp3) is 0.0857. The van der Waals surface area contributed by atoms with Gasteiger partial charge in [0.05, 0.1) is 22.4 Å². The summed E-state index contributed by atoms with van der Waals surface area (Å²) in [4.78, 5) is 9.75. The predicted molar refractivity (Wildman–Crippen MR) is 161 cm³/mol. The Morgan fingerprint density at radius 3 is 2.45 bits per heavy atom. The molecule has 0 spiro atoms.